The van der Waals surface area contributed by atoms with Crippen molar-refractivity contribution in [3.05, 3.63) is 68.5 Å². The molecule has 6 heteroatoms. The van der Waals surface area contributed by atoms with Crippen LogP contribution in [0.25, 0.3) is 6.08 Å². The molecule has 0 aromatic heterocycles. The second-order valence-electron chi connectivity index (χ2n) is 4.99. The first-order valence-corrected chi connectivity index (χ1v) is 8.33. The lowest BCUT2D eigenvalue weighted by molar-refractivity contribution is -0.113. The molecule has 2 aromatic carbocycles. The van der Waals surface area contributed by atoms with E-state index in [1.807, 2.05) is 19.1 Å². The Hall–Kier alpha value is -1.75. The van der Waals surface area contributed by atoms with Crippen LogP contribution >= 0.6 is 35.0 Å². The predicted octanol–water partition coefficient (Wildman–Crippen LogP) is 5.54. The number of anilines is 1. The summed E-state index contributed by atoms with van der Waals surface area (Å²) < 4.78 is 0. The first-order valence-electron chi connectivity index (χ1n) is 6.76. The molecule has 1 aliphatic rings. The Morgan fingerprint density at radius 2 is 1.61 bits per heavy atom. The minimum atomic E-state index is -0.375. The summed E-state index contributed by atoms with van der Waals surface area (Å²) in [7, 11) is 0. The van der Waals surface area contributed by atoms with Crippen molar-refractivity contribution in [1.29, 1.82) is 0 Å². The van der Waals surface area contributed by atoms with Gasteiger partial charge in [0.2, 0.25) is 0 Å². The van der Waals surface area contributed by atoms with E-state index in [1.54, 1.807) is 36.4 Å². The number of nitrogens with zero attached hydrogens (tertiary/aromatic N) is 1. The van der Waals surface area contributed by atoms with Gasteiger partial charge in [-0.15, -0.1) is 0 Å². The average Bonchev–Trinajstić information content (AvgIpc) is 2.79. The van der Waals surface area contributed by atoms with Crippen molar-refractivity contribution in [2.75, 3.05) is 4.90 Å². The number of amides is 2. The summed E-state index contributed by atoms with van der Waals surface area (Å²) in [4.78, 5) is 26.2. The molecule has 116 valence electrons. The Kier molecular flexibility index (Phi) is 4.48. The molecule has 0 radical (unpaired) electrons. The van der Waals surface area contributed by atoms with Crippen LogP contribution in [-0.2, 0) is 4.79 Å². The fraction of sp³-hybridized carbons (Fsp3) is 0.0588. The maximum atomic E-state index is 12.6. The number of rotatable bonds is 2. The van der Waals surface area contributed by atoms with E-state index < -0.39 is 0 Å². The van der Waals surface area contributed by atoms with Crippen molar-refractivity contribution in [1.82, 2.24) is 0 Å². The van der Waals surface area contributed by atoms with Crippen molar-refractivity contribution in [3.8, 4) is 0 Å². The maximum absolute atomic E-state index is 12.6. The first kappa shape index (κ1) is 16.1. The molecular weight excluding hydrogens is 353 g/mol. The largest absolute Gasteiger partial charge is 0.298 e. The number of carbonyl (C=O) groups is 2. The molecule has 3 rings (SSSR count). The molecular formula is C17H11Cl2NO2S. The lowest BCUT2D eigenvalue weighted by atomic mass is 10.2. The van der Waals surface area contributed by atoms with Crippen molar-refractivity contribution in [3.63, 3.8) is 0 Å². The Morgan fingerprint density at radius 1 is 1.00 bits per heavy atom. The van der Waals surface area contributed by atoms with E-state index in [2.05, 4.69) is 0 Å². The molecule has 1 fully saturated rings. The van der Waals surface area contributed by atoms with E-state index in [1.165, 1.54) is 0 Å². The summed E-state index contributed by atoms with van der Waals surface area (Å²) in [6.45, 7) is 1.94. The molecule has 1 saturated heterocycles. The second-order valence-corrected chi connectivity index (χ2v) is 6.80. The van der Waals surface area contributed by atoms with Gasteiger partial charge in [-0.1, -0.05) is 47.0 Å². The Morgan fingerprint density at radius 3 is 2.22 bits per heavy atom. The van der Waals surface area contributed by atoms with Crippen LogP contribution in [0.15, 0.2) is 47.4 Å². The third-order valence-corrected chi connectivity index (χ3v) is 4.89. The number of hydrogen-bond acceptors (Lipinski definition) is 3. The molecule has 0 spiro atoms. The van der Waals surface area contributed by atoms with Crippen LogP contribution in [0, 0.1) is 6.92 Å². The van der Waals surface area contributed by atoms with Gasteiger partial charge < -0.3 is 0 Å². The van der Waals surface area contributed by atoms with Gasteiger partial charge in [0.25, 0.3) is 11.1 Å². The average molecular weight is 364 g/mol. The summed E-state index contributed by atoms with van der Waals surface area (Å²) in [5, 5.41) is 0.521. The Labute approximate surface area is 147 Å². The summed E-state index contributed by atoms with van der Waals surface area (Å²) >= 11 is 13.1. The molecule has 1 heterocycles. The molecule has 0 atom stereocenters. The van der Waals surface area contributed by atoms with Gasteiger partial charge in [0.05, 0.1) is 10.6 Å². The van der Waals surface area contributed by atoms with E-state index in [0.717, 1.165) is 22.2 Å². The molecule has 23 heavy (non-hydrogen) atoms. The molecule has 0 saturated carbocycles. The molecule has 0 aliphatic carbocycles. The Bertz CT molecular complexity index is 811. The zero-order valence-corrected chi connectivity index (χ0v) is 14.4. The maximum Gasteiger partial charge on any atom is 0.298 e. The van der Waals surface area contributed by atoms with Gasteiger partial charge in [0.15, 0.2) is 0 Å². The summed E-state index contributed by atoms with van der Waals surface area (Å²) in [5.74, 6) is -0.375. The third-order valence-electron chi connectivity index (χ3n) is 3.36. The van der Waals surface area contributed by atoms with E-state index >= 15 is 0 Å². The van der Waals surface area contributed by atoms with Crippen molar-refractivity contribution >= 4 is 57.9 Å². The number of benzene rings is 2. The second kappa shape index (κ2) is 6.40. The van der Waals surface area contributed by atoms with Gasteiger partial charge in [-0.05, 0) is 49.0 Å². The van der Waals surface area contributed by atoms with Gasteiger partial charge in [0.1, 0.15) is 0 Å². The van der Waals surface area contributed by atoms with Crippen molar-refractivity contribution in [2.24, 2.45) is 0 Å². The van der Waals surface area contributed by atoms with Crippen LogP contribution < -0.4 is 4.90 Å². The highest BCUT2D eigenvalue weighted by molar-refractivity contribution is 8.19. The number of halogens is 2. The highest BCUT2D eigenvalue weighted by Crippen LogP contribution is 2.37. The molecule has 2 aromatic rings. The van der Waals surface area contributed by atoms with Crippen molar-refractivity contribution < 1.29 is 9.59 Å². The highest BCUT2D eigenvalue weighted by atomic mass is 35.5. The van der Waals surface area contributed by atoms with E-state index in [4.69, 9.17) is 23.2 Å². The quantitative estimate of drug-likeness (QED) is 0.657. The number of aryl methyl sites for hydroxylation is 1. The molecule has 3 nitrogen and oxygen atoms in total. The first-order chi connectivity index (χ1) is 11.0. The number of hydrogen-bond donors (Lipinski definition) is 0. The van der Waals surface area contributed by atoms with Crippen molar-refractivity contribution in [2.45, 2.75) is 6.92 Å². The highest BCUT2D eigenvalue weighted by Gasteiger charge is 2.36. The summed E-state index contributed by atoms with van der Waals surface area (Å²) in [6, 6.07) is 12.3. The minimum absolute atomic E-state index is 0.297. The van der Waals surface area contributed by atoms with Crippen LogP contribution in [0.2, 0.25) is 10.0 Å². The standard InChI is InChI=1S/C17H11Cl2NO2S/c1-10-5-7-11(8-6-10)20-16(21)15(23-17(20)22)9-12-13(18)3-2-4-14(12)19/h2-9H,1H3/b15-9-. The van der Waals surface area contributed by atoms with Gasteiger partial charge in [-0.2, -0.15) is 0 Å². The Balaban J connectivity index is 1.98. The van der Waals surface area contributed by atoms with E-state index in [9.17, 15) is 9.59 Å². The minimum Gasteiger partial charge on any atom is -0.268 e. The molecule has 0 unspecified atom stereocenters. The van der Waals surface area contributed by atoms with Gasteiger partial charge >= 0.3 is 0 Å². The molecule has 1 aliphatic heterocycles. The smallest absolute Gasteiger partial charge is 0.268 e. The monoisotopic (exact) mass is 363 g/mol. The summed E-state index contributed by atoms with van der Waals surface area (Å²) in [6.07, 6.45) is 1.56. The van der Waals surface area contributed by atoms with E-state index in [0.29, 0.717) is 26.2 Å². The lowest BCUT2D eigenvalue weighted by Crippen LogP contribution is -2.27. The van der Waals surface area contributed by atoms with Crippen LogP contribution in [0.4, 0.5) is 10.5 Å². The SMILES string of the molecule is Cc1ccc(N2C(=O)S/C(=C\c3c(Cl)cccc3Cl)C2=O)cc1. The molecule has 2 amide bonds. The fourth-order valence-electron chi connectivity index (χ4n) is 2.16. The fourth-order valence-corrected chi connectivity index (χ4v) is 3.49. The summed E-state index contributed by atoms with van der Waals surface area (Å²) in [5.41, 5.74) is 2.14. The topological polar surface area (TPSA) is 37.4 Å². The zero-order valence-electron chi connectivity index (χ0n) is 12.0. The van der Waals surface area contributed by atoms with Gasteiger partial charge in [0, 0.05) is 15.6 Å². The molecule has 0 bridgehead atoms. The molecule has 0 N–H and O–H groups in total. The van der Waals surface area contributed by atoms with Gasteiger partial charge in [-0.25, -0.2) is 4.90 Å². The third kappa shape index (κ3) is 3.15. The normalized spacial score (nSPS) is 16.5. The lowest BCUT2D eigenvalue weighted by Gasteiger charge is -2.12. The van der Waals surface area contributed by atoms with Crippen LogP contribution in [0.5, 0.6) is 0 Å². The van der Waals surface area contributed by atoms with E-state index in [-0.39, 0.29) is 11.1 Å². The van der Waals surface area contributed by atoms with Crippen LogP contribution in [0.1, 0.15) is 11.1 Å². The number of carbonyl (C=O) groups excluding carboxylic acids is 2. The number of thioether (sulfide) groups is 1. The number of imide groups is 1. The predicted molar refractivity (Wildman–Crippen MR) is 96.1 cm³/mol. The van der Waals surface area contributed by atoms with Crippen LogP contribution in [0.3, 0.4) is 0 Å². The zero-order chi connectivity index (χ0) is 16.6. The van der Waals surface area contributed by atoms with Gasteiger partial charge in [-0.3, -0.25) is 9.59 Å². The van der Waals surface area contributed by atoms with Crippen LogP contribution in [-0.4, -0.2) is 11.1 Å².